The summed E-state index contributed by atoms with van der Waals surface area (Å²) in [5.41, 5.74) is 0. The number of nitrogens with one attached hydrogen (secondary N) is 1. The number of ether oxygens (including phenoxy) is 1. The second kappa shape index (κ2) is 4.63. The minimum atomic E-state index is 0.521. The van der Waals surface area contributed by atoms with Crippen molar-refractivity contribution in [1.82, 2.24) is 5.32 Å². The largest absolute Gasteiger partial charge is 0.375 e. The van der Waals surface area contributed by atoms with Crippen LogP contribution in [0.25, 0.3) is 0 Å². The lowest BCUT2D eigenvalue weighted by molar-refractivity contribution is -0.0486. The molecule has 2 aliphatic rings. The summed E-state index contributed by atoms with van der Waals surface area (Å²) in [5, 5.41) is 3.76. The first-order chi connectivity index (χ1) is 6.75. The predicted molar refractivity (Wildman–Crippen MR) is 58.4 cm³/mol. The molecular weight excluding hydrogens is 174 g/mol. The molecule has 1 saturated heterocycles. The van der Waals surface area contributed by atoms with Crippen LogP contribution in [-0.2, 0) is 4.74 Å². The molecule has 1 aliphatic carbocycles. The highest BCUT2D eigenvalue weighted by atomic mass is 16.5. The Labute approximate surface area is 87.4 Å². The van der Waals surface area contributed by atoms with Gasteiger partial charge in [0.2, 0.25) is 0 Å². The van der Waals surface area contributed by atoms with Crippen molar-refractivity contribution in [3.05, 3.63) is 0 Å². The molecule has 2 heteroatoms. The Morgan fingerprint density at radius 1 is 1.29 bits per heavy atom. The molecule has 0 radical (unpaired) electrons. The van der Waals surface area contributed by atoms with E-state index < -0.39 is 0 Å². The molecular formula is C12H23NO. The summed E-state index contributed by atoms with van der Waals surface area (Å²) in [4.78, 5) is 0. The lowest BCUT2D eigenvalue weighted by atomic mass is 9.89. The van der Waals surface area contributed by atoms with Gasteiger partial charge in [0.25, 0.3) is 0 Å². The first kappa shape index (κ1) is 10.4. The maximum atomic E-state index is 5.93. The van der Waals surface area contributed by atoms with Gasteiger partial charge in [0, 0.05) is 12.1 Å². The Kier molecular flexibility index (Phi) is 3.45. The number of hydrogen-bond donors (Lipinski definition) is 1. The van der Waals surface area contributed by atoms with Gasteiger partial charge in [-0.25, -0.2) is 0 Å². The molecule has 0 aromatic rings. The molecule has 1 heterocycles. The third-order valence-corrected chi connectivity index (χ3v) is 3.42. The van der Waals surface area contributed by atoms with Crippen LogP contribution in [0.15, 0.2) is 0 Å². The third-order valence-electron chi connectivity index (χ3n) is 3.42. The van der Waals surface area contributed by atoms with Gasteiger partial charge in [0.1, 0.15) is 0 Å². The molecule has 0 spiro atoms. The summed E-state index contributed by atoms with van der Waals surface area (Å²) in [7, 11) is 0. The van der Waals surface area contributed by atoms with E-state index in [0.717, 1.165) is 12.5 Å². The van der Waals surface area contributed by atoms with Gasteiger partial charge in [0.15, 0.2) is 0 Å². The first-order valence-electron chi connectivity index (χ1n) is 6.13. The fourth-order valence-corrected chi connectivity index (χ4v) is 2.78. The maximum absolute atomic E-state index is 5.93. The molecule has 1 aliphatic heterocycles. The molecule has 0 aromatic heterocycles. The summed E-state index contributed by atoms with van der Waals surface area (Å²) in [6.45, 7) is 5.50. The predicted octanol–water partition coefficient (Wildman–Crippen LogP) is 2.33. The monoisotopic (exact) mass is 197 g/mol. The fraction of sp³-hybridized carbons (Fsp3) is 1.00. The van der Waals surface area contributed by atoms with Gasteiger partial charge in [-0.05, 0) is 25.2 Å². The van der Waals surface area contributed by atoms with Crippen LogP contribution in [0.2, 0.25) is 0 Å². The molecule has 3 unspecified atom stereocenters. The topological polar surface area (TPSA) is 21.3 Å². The molecule has 0 amide bonds. The summed E-state index contributed by atoms with van der Waals surface area (Å²) in [5.74, 6) is 0.774. The molecule has 0 aromatic carbocycles. The van der Waals surface area contributed by atoms with Gasteiger partial charge in [-0.3, -0.25) is 0 Å². The van der Waals surface area contributed by atoms with E-state index >= 15 is 0 Å². The van der Waals surface area contributed by atoms with Crippen LogP contribution in [0, 0.1) is 5.92 Å². The SMILES string of the molecule is CC(C)CC1COC2CCCCC2N1. The van der Waals surface area contributed by atoms with Crippen molar-refractivity contribution in [2.45, 2.75) is 64.1 Å². The van der Waals surface area contributed by atoms with Gasteiger partial charge < -0.3 is 10.1 Å². The Morgan fingerprint density at radius 3 is 2.86 bits per heavy atom. The molecule has 0 bridgehead atoms. The Morgan fingerprint density at radius 2 is 2.07 bits per heavy atom. The van der Waals surface area contributed by atoms with Gasteiger partial charge in [-0.15, -0.1) is 0 Å². The average molecular weight is 197 g/mol. The summed E-state index contributed by atoms with van der Waals surface area (Å²) in [6.07, 6.45) is 7.10. The highest BCUT2D eigenvalue weighted by molar-refractivity contribution is 4.88. The molecule has 82 valence electrons. The van der Waals surface area contributed by atoms with E-state index in [1.54, 1.807) is 0 Å². The van der Waals surface area contributed by atoms with Crippen LogP contribution in [0.5, 0.6) is 0 Å². The Hall–Kier alpha value is -0.0800. The van der Waals surface area contributed by atoms with E-state index in [2.05, 4.69) is 19.2 Å². The Balaban J connectivity index is 1.83. The summed E-state index contributed by atoms with van der Waals surface area (Å²) < 4.78 is 5.93. The minimum absolute atomic E-state index is 0.521. The van der Waals surface area contributed by atoms with Crippen LogP contribution in [0.1, 0.15) is 46.0 Å². The van der Waals surface area contributed by atoms with Crippen LogP contribution in [0.4, 0.5) is 0 Å². The van der Waals surface area contributed by atoms with Crippen molar-refractivity contribution in [3.63, 3.8) is 0 Å². The van der Waals surface area contributed by atoms with E-state index in [9.17, 15) is 0 Å². The zero-order valence-electron chi connectivity index (χ0n) is 9.46. The van der Waals surface area contributed by atoms with Crippen LogP contribution in [0.3, 0.4) is 0 Å². The van der Waals surface area contributed by atoms with Crippen molar-refractivity contribution in [3.8, 4) is 0 Å². The average Bonchev–Trinajstić information content (AvgIpc) is 2.17. The zero-order chi connectivity index (χ0) is 9.97. The molecule has 3 atom stereocenters. The number of fused-ring (bicyclic) bond motifs is 1. The van der Waals surface area contributed by atoms with Gasteiger partial charge >= 0.3 is 0 Å². The lowest BCUT2D eigenvalue weighted by Gasteiger charge is -2.40. The highest BCUT2D eigenvalue weighted by Crippen LogP contribution is 2.25. The minimum Gasteiger partial charge on any atom is -0.375 e. The van der Waals surface area contributed by atoms with E-state index in [1.165, 1.54) is 32.1 Å². The summed E-state index contributed by atoms with van der Waals surface area (Å²) in [6, 6.07) is 1.26. The van der Waals surface area contributed by atoms with E-state index in [1.807, 2.05) is 0 Å². The molecule has 14 heavy (non-hydrogen) atoms. The molecule has 2 nitrogen and oxygen atoms in total. The van der Waals surface area contributed by atoms with Crippen molar-refractivity contribution in [2.24, 2.45) is 5.92 Å². The second-order valence-electron chi connectivity index (χ2n) is 5.26. The molecule has 2 fully saturated rings. The summed E-state index contributed by atoms with van der Waals surface area (Å²) >= 11 is 0. The standard InChI is InChI=1S/C12H23NO/c1-9(2)7-10-8-14-12-6-4-3-5-11(12)13-10/h9-13H,3-8H2,1-2H3. The van der Waals surface area contributed by atoms with E-state index in [-0.39, 0.29) is 0 Å². The lowest BCUT2D eigenvalue weighted by Crippen LogP contribution is -2.55. The smallest absolute Gasteiger partial charge is 0.0728 e. The normalized spacial score (nSPS) is 38.4. The van der Waals surface area contributed by atoms with E-state index in [0.29, 0.717) is 18.2 Å². The molecule has 2 rings (SSSR count). The van der Waals surface area contributed by atoms with Gasteiger partial charge in [-0.1, -0.05) is 26.7 Å². The van der Waals surface area contributed by atoms with Crippen molar-refractivity contribution in [2.75, 3.05) is 6.61 Å². The van der Waals surface area contributed by atoms with Crippen molar-refractivity contribution in [1.29, 1.82) is 0 Å². The van der Waals surface area contributed by atoms with Crippen LogP contribution in [-0.4, -0.2) is 24.8 Å². The maximum Gasteiger partial charge on any atom is 0.0728 e. The van der Waals surface area contributed by atoms with Crippen LogP contribution < -0.4 is 5.32 Å². The highest BCUT2D eigenvalue weighted by Gasteiger charge is 2.32. The third kappa shape index (κ3) is 2.48. The quantitative estimate of drug-likeness (QED) is 0.733. The number of morpholine rings is 1. The fourth-order valence-electron chi connectivity index (χ4n) is 2.78. The number of rotatable bonds is 2. The van der Waals surface area contributed by atoms with Crippen molar-refractivity contribution < 1.29 is 4.74 Å². The van der Waals surface area contributed by atoms with Crippen molar-refractivity contribution >= 4 is 0 Å². The van der Waals surface area contributed by atoms with Crippen LogP contribution >= 0.6 is 0 Å². The van der Waals surface area contributed by atoms with Gasteiger partial charge in [-0.2, -0.15) is 0 Å². The first-order valence-corrected chi connectivity index (χ1v) is 6.13. The number of hydrogen-bond acceptors (Lipinski definition) is 2. The van der Waals surface area contributed by atoms with Gasteiger partial charge in [0.05, 0.1) is 12.7 Å². The molecule has 1 saturated carbocycles. The Bertz CT molecular complexity index is 181. The second-order valence-corrected chi connectivity index (χ2v) is 5.26. The van der Waals surface area contributed by atoms with E-state index in [4.69, 9.17) is 4.74 Å². The molecule has 1 N–H and O–H groups in total. The zero-order valence-corrected chi connectivity index (χ0v) is 9.46.